The average molecular weight is 448 g/mol. The smallest absolute Gasteiger partial charge is 0.267 e. The van der Waals surface area contributed by atoms with Crippen molar-refractivity contribution in [2.45, 2.75) is 6.54 Å². The highest BCUT2D eigenvalue weighted by molar-refractivity contribution is 8.18. The predicted molar refractivity (Wildman–Crippen MR) is 126 cm³/mol. The van der Waals surface area contributed by atoms with Crippen LogP contribution in [-0.4, -0.2) is 36.4 Å². The first-order chi connectivity index (χ1) is 15.7. The molecule has 0 aliphatic carbocycles. The fourth-order valence-electron chi connectivity index (χ4n) is 2.97. The van der Waals surface area contributed by atoms with Crippen molar-refractivity contribution in [3.8, 4) is 11.5 Å². The highest BCUT2D eigenvalue weighted by Gasteiger charge is 2.34. The van der Waals surface area contributed by atoms with Gasteiger partial charge in [0, 0.05) is 0 Å². The SMILES string of the molecule is COc1ccc(/C=C2\S/C(=N\N=C\c3ccc(OC)cc3)N(Cc3ccco3)C2=O)cc1. The third-order valence-corrected chi connectivity index (χ3v) is 5.66. The second-order valence-corrected chi connectivity index (χ2v) is 7.76. The maximum absolute atomic E-state index is 13.1. The van der Waals surface area contributed by atoms with Crippen molar-refractivity contribution >= 4 is 35.1 Å². The molecule has 2 aromatic carbocycles. The topological polar surface area (TPSA) is 76.6 Å². The van der Waals surface area contributed by atoms with Crippen LogP contribution in [-0.2, 0) is 11.3 Å². The van der Waals surface area contributed by atoms with Gasteiger partial charge in [-0.3, -0.25) is 9.69 Å². The summed E-state index contributed by atoms with van der Waals surface area (Å²) >= 11 is 1.28. The molecular formula is C24H21N3O4S. The second kappa shape index (κ2) is 10.0. The molecule has 1 aliphatic heterocycles. The Labute approximate surface area is 190 Å². The summed E-state index contributed by atoms with van der Waals surface area (Å²) in [4.78, 5) is 15.2. The molecule has 0 saturated carbocycles. The number of amides is 1. The number of amidine groups is 1. The lowest BCUT2D eigenvalue weighted by Crippen LogP contribution is -2.28. The summed E-state index contributed by atoms with van der Waals surface area (Å²) < 4.78 is 15.8. The second-order valence-electron chi connectivity index (χ2n) is 6.75. The number of rotatable bonds is 7. The molecule has 0 spiro atoms. The third-order valence-electron chi connectivity index (χ3n) is 4.66. The summed E-state index contributed by atoms with van der Waals surface area (Å²) in [6, 6.07) is 18.6. The van der Waals surface area contributed by atoms with Gasteiger partial charge in [-0.1, -0.05) is 12.1 Å². The Bertz CT molecular complexity index is 1150. The quantitative estimate of drug-likeness (QED) is 0.295. The van der Waals surface area contributed by atoms with Crippen LogP contribution in [0.3, 0.4) is 0 Å². The average Bonchev–Trinajstić information content (AvgIpc) is 3.44. The lowest BCUT2D eigenvalue weighted by atomic mass is 10.2. The molecule has 1 aliphatic rings. The monoisotopic (exact) mass is 447 g/mol. The molecule has 3 aromatic rings. The van der Waals surface area contributed by atoms with E-state index in [0.29, 0.717) is 15.8 Å². The van der Waals surface area contributed by atoms with Crippen LogP contribution in [0.2, 0.25) is 0 Å². The van der Waals surface area contributed by atoms with Gasteiger partial charge in [0.1, 0.15) is 17.3 Å². The highest BCUT2D eigenvalue weighted by atomic mass is 32.2. The number of hydrogen-bond donors (Lipinski definition) is 0. The van der Waals surface area contributed by atoms with Crippen LogP contribution < -0.4 is 9.47 Å². The standard InChI is InChI=1S/C24H21N3O4S/c1-29-19-9-5-17(6-10-19)14-22-23(28)27(16-21-4-3-13-31-21)24(32-22)26-25-15-18-7-11-20(30-2)12-8-18/h3-15H,16H2,1-2H3/b22-14-,25-15+,26-24-. The maximum atomic E-state index is 13.1. The van der Waals surface area contributed by atoms with Gasteiger partial charge in [-0.05, 0) is 77.5 Å². The van der Waals surface area contributed by atoms with E-state index in [1.54, 1.807) is 37.7 Å². The Kier molecular flexibility index (Phi) is 6.72. The number of methoxy groups -OCH3 is 2. The number of nitrogens with zero attached hydrogens (tertiary/aromatic N) is 3. The fraction of sp³-hybridized carbons (Fsp3) is 0.125. The number of carbonyl (C=O) groups excluding carboxylic acids is 1. The zero-order valence-corrected chi connectivity index (χ0v) is 18.4. The molecule has 8 heteroatoms. The molecule has 2 heterocycles. The van der Waals surface area contributed by atoms with Gasteiger partial charge in [0.25, 0.3) is 5.91 Å². The van der Waals surface area contributed by atoms with Crippen molar-refractivity contribution in [1.82, 2.24) is 4.90 Å². The maximum Gasteiger partial charge on any atom is 0.267 e. The summed E-state index contributed by atoms with van der Waals surface area (Å²) in [5.41, 5.74) is 1.76. The van der Waals surface area contributed by atoms with E-state index in [9.17, 15) is 4.79 Å². The molecule has 7 nitrogen and oxygen atoms in total. The number of benzene rings is 2. The zero-order valence-electron chi connectivity index (χ0n) is 17.6. The Hall–Kier alpha value is -3.78. The summed E-state index contributed by atoms with van der Waals surface area (Å²) in [5.74, 6) is 2.03. The first kappa shape index (κ1) is 21.5. The van der Waals surface area contributed by atoms with Gasteiger partial charge < -0.3 is 13.9 Å². The van der Waals surface area contributed by atoms with Crippen molar-refractivity contribution in [2.24, 2.45) is 10.2 Å². The molecule has 0 radical (unpaired) electrons. The molecular weight excluding hydrogens is 426 g/mol. The van der Waals surface area contributed by atoms with E-state index in [1.165, 1.54) is 11.8 Å². The molecule has 1 fully saturated rings. The van der Waals surface area contributed by atoms with Gasteiger partial charge >= 0.3 is 0 Å². The Morgan fingerprint density at radius 1 is 0.969 bits per heavy atom. The number of hydrogen-bond acceptors (Lipinski definition) is 7. The minimum absolute atomic E-state index is 0.152. The van der Waals surface area contributed by atoms with E-state index in [-0.39, 0.29) is 12.5 Å². The molecule has 1 saturated heterocycles. The van der Waals surface area contributed by atoms with Gasteiger partial charge in [-0.15, -0.1) is 5.10 Å². The Balaban J connectivity index is 1.58. The van der Waals surface area contributed by atoms with Crippen LogP contribution in [0.1, 0.15) is 16.9 Å². The lowest BCUT2D eigenvalue weighted by molar-refractivity contribution is -0.122. The van der Waals surface area contributed by atoms with Gasteiger partial charge in [-0.2, -0.15) is 5.10 Å². The molecule has 0 N–H and O–H groups in total. The fourth-order valence-corrected chi connectivity index (χ4v) is 3.90. The van der Waals surface area contributed by atoms with E-state index in [1.807, 2.05) is 60.7 Å². The Morgan fingerprint density at radius 3 is 2.22 bits per heavy atom. The van der Waals surface area contributed by atoms with Crippen LogP contribution in [0, 0.1) is 0 Å². The minimum Gasteiger partial charge on any atom is -0.497 e. The molecule has 4 rings (SSSR count). The molecule has 1 aromatic heterocycles. The van der Waals surface area contributed by atoms with Gasteiger partial charge in [0.15, 0.2) is 5.17 Å². The number of thioether (sulfide) groups is 1. The number of furan rings is 1. The van der Waals surface area contributed by atoms with Crippen molar-refractivity contribution in [1.29, 1.82) is 0 Å². The van der Waals surface area contributed by atoms with Crippen molar-refractivity contribution < 1.29 is 18.7 Å². The van der Waals surface area contributed by atoms with Crippen LogP contribution in [0.15, 0.2) is 86.5 Å². The van der Waals surface area contributed by atoms with Gasteiger partial charge in [-0.25, -0.2) is 0 Å². The number of carbonyl (C=O) groups is 1. The van der Waals surface area contributed by atoms with Crippen LogP contribution in [0.4, 0.5) is 0 Å². The summed E-state index contributed by atoms with van der Waals surface area (Å²) in [6.07, 6.45) is 5.04. The molecule has 0 unspecified atom stereocenters. The first-order valence-corrected chi connectivity index (χ1v) is 10.6. The highest BCUT2D eigenvalue weighted by Crippen LogP contribution is 2.34. The molecule has 1 amide bonds. The Morgan fingerprint density at radius 2 is 1.62 bits per heavy atom. The van der Waals surface area contributed by atoms with E-state index in [2.05, 4.69) is 10.2 Å². The van der Waals surface area contributed by atoms with Crippen molar-refractivity contribution in [3.63, 3.8) is 0 Å². The predicted octanol–water partition coefficient (Wildman–Crippen LogP) is 4.80. The van der Waals surface area contributed by atoms with Crippen LogP contribution >= 0.6 is 11.8 Å². The largest absolute Gasteiger partial charge is 0.497 e. The molecule has 32 heavy (non-hydrogen) atoms. The van der Waals surface area contributed by atoms with Gasteiger partial charge in [0.2, 0.25) is 0 Å². The van der Waals surface area contributed by atoms with Crippen molar-refractivity contribution in [2.75, 3.05) is 14.2 Å². The van der Waals surface area contributed by atoms with E-state index in [4.69, 9.17) is 13.9 Å². The van der Waals surface area contributed by atoms with E-state index >= 15 is 0 Å². The van der Waals surface area contributed by atoms with E-state index < -0.39 is 0 Å². The normalized spacial score (nSPS) is 16.4. The molecule has 162 valence electrons. The van der Waals surface area contributed by atoms with Gasteiger partial charge in [0.05, 0.1) is 38.1 Å². The first-order valence-electron chi connectivity index (χ1n) is 9.79. The molecule has 0 atom stereocenters. The van der Waals surface area contributed by atoms with E-state index in [0.717, 1.165) is 22.6 Å². The third kappa shape index (κ3) is 5.09. The van der Waals surface area contributed by atoms with Crippen molar-refractivity contribution in [3.05, 3.63) is 88.7 Å². The zero-order chi connectivity index (χ0) is 22.3. The summed E-state index contributed by atoms with van der Waals surface area (Å²) in [6.45, 7) is 0.273. The number of ether oxygens (including phenoxy) is 2. The summed E-state index contributed by atoms with van der Waals surface area (Å²) in [5, 5.41) is 8.99. The van der Waals surface area contributed by atoms with Crippen LogP contribution in [0.25, 0.3) is 6.08 Å². The summed E-state index contributed by atoms with van der Waals surface area (Å²) in [7, 11) is 3.24. The minimum atomic E-state index is -0.152. The van der Waals surface area contributed by atoms with Crippen LogP contribution in [0.5, 0.6) is 11.5 Å². The lowest BCUT2D eigenvalue weighted by Gasteiger charge is -2.12. The molecule has 0 bridgehead atoms.